The maximum absolute atomic E-state index is 4.55. The number of aromatic nitrogens is 2. The molecule has 2 aromatic rings. The smallest absolute Gasteiger partial charge is 0.140 e. The predicted molar refractivity (Wildman–Crippen MR) is 90.2 cm³/mol. The molecule has 0 bridgehead atoms. The molecule has 2 aromatic heterocycles. The van der Waals surface area contributed by atoms with Gasteiger partial charge in [0.15, 0.2) is 0 Å². The molecule has 0 saturated carbocycles. The van der Waals surface area contributed by atoms with E-state index in [-0.39, 0.29) is 0 Å². The first kappa shape index (κ1) is 14.7. The van der Waals surface area contributed by atoms with E-state index in [4.69, 9.17) is 0 Å². The summed E-state index contributed by atoms with van der Waals surface area (Å²) in [5.74, 6) is 1.92. The van der Waals surface area contributed by atoms with Crippen molar-refractivity contribution in [3.05, 3.63) is 17.3 Å². The molecule has 1 aliphatic rings. The van der Waals surface area contributed by atoms with Crippen molar-refractivity contribution in [1.29, 1.82) is 0 Å². The van der Waals surface area contributed by atoms with Gasteiger partial charge in [-0.05, 0) is 38.3 Å². The lowest BCUT2D eigenvalue weighted by Crippen LogP contribution is -2.39. The van der Waals surface area contributed by atoms with Crippen LogP contribution < -0.4 is 10.2 Å². The summed E-state index contributed by atoms with van der Waals surface area (Å²) in [5.41, 5.74) is 0. The van der Waals surface area contributed by atoms with Gasteiger partial charge in [0.2, 0.25) is 0 Å². The van der Waals surface area contributed by atoms with Gasteiger partial charge in [0, 0.05) is 24.0 Å². The van der Waals surface area contributed by atoms with Gasteiger partial charge in [-0.15, -0.1) is 11.3 Å². The molecule has 0 aliphatic carbocycles. The minimum absolute atomic E-state index is 0.582. The Labute approximate surface area is 130 Å². The number of nitrogens with zero attached hydrogens (tertiary/aromatic N) is 3. The number of thiophene rings is 1. The Morgan fingerprint density at radius 2 is 2.10 bits per heavy atom. The minimum atomic E-state index is 0.582. The van der Waals surface area contributed by atoms with Crippen LogP contribution in [0.3, 0.4) is 0 Å². The summed E-state index contributed by atoms with van der Waals surface area (Å²) in [5, 5.41) is 4.78. The Bertz CT molecular complexity index is 599. The Morgan fingerprint density at radius 3 is 2.81 bits per heavy atom. The molecule has 0 atom stereocenters. The van der Waals surface area contributed by atoms with Crippen LogP contribution in [-0.2, 0) is 0 Å². The first-order valence-corrected chi connectivity index (χ1v) is 8.64. The third-order valence-corrected chi connectivity index (χ3v) is 5.12. The summed E-state index contributed by atoms with van der Waals surface area (Å²) in [7, 11) is 0. The summed E-state index contributed by atoms with van der Waals surface area (Å²) in [6.45, 7) is 9.91. The largest absolute Gasteiger partial charge is 0.356 e. The maximum Gasteiger partial charge on any atom is 0.140 e. The number of rotatable bonds is 4. The molecule has 21 heavy (non-hydrogen) atoms. The van der Waals surface area contributed by atoms with E-state index in [0.29, 0.717) is 6.04 Å². The van der Waals surface area contributed by atoms with Crippen molar-refractivity contribution in [2.24, 2.45) is 5.92 Å². The molecule has 1 fully saturated rings. The number of anilines is 1. The van der Waals surface area contributed by atoms with Gasteiger partial charge in [0.05, 0.1) is 5.39 Å². The van der Waals surface area contributed by atoms with Crippen molar-refractivity contribution in [2.75, 3.05) is 24.5 Å². The van der Waals surface area contributed by atoms with Crippen molar-refractivity contribution < 1.29 is 0 Å². The van der Waals surface area contributed by atoms with Crippen molar-refractivity contribution in [3.63, 3.8) is 0 Å². The molecule has 1 N–H and O–H groups in total. The van der Waals surface area contributed by atoms with E-state index in [0.717, 1.165) is 36.2 Å². The first-order chi connectivity index (χ1) is 10.1. The molecule has 0 amide bonds. The Morgan fingerprint density at radius 1 is 1.33 bits per heavy atom. The van der Waals surface area contributed by atoms with Gasteiger partial charge in [-0.2, -0.15) is 0 Å². The van der Waals surface area contributed by atoms with Crippen LogP contribution >= 0.6 is 11.3 Å². The monoisotopic (exact) mass is 304 g/mol. The molecule has 3 rings (SSSR count). The second kappa shape index (κ2) is 6.28. The van der Waals surface area contributed by atoms with Gasteiger partial charge in [0.1, 0.15) is 17.0 Å². The van der Waals surface area contributed by atoms with Crippen molar-refractivity contribution in [2.45, 2.75) is 39.7 Å². The fourth-order valence-electron chi connectivity index (χ4n) is 2.97. The molecule has 0 unspecified atom stereocenters. The number of aryl methyl sites for hydroxylation is 1. The van der Waals surface area contributed by atoms with E-state index in [1.54, 1.807) is 17.7 Å². The Hall–Kier alpha value is -1.20. The van der Waals surface area contributed by atoms with Crippen LogP contribution in [0.1, 0.15) is 31.6 Å². The lowest BCUT2D eigenvalue weighted by Gasteiger charge is -2.33. The molecule has 3 heterocycles. The van der Waals surface area contributed by atoms with Crippen LogP contribution in [0.15, 0.2) is 12.4 Å². The number of hydrogen-bond acceptors (Lipinski definition) is 5. The van der Waals surface area contributed by atoms with Crippen LogP contribution in [0, 0.1) is 12.8 Å². The molecule has 1 saturated heterocycles. The van der Waals surface area contributed by atoms with Crippen LogP contribution in [0.2, 0.25) is 0 Å². The van der Waals surface area contributed by atoms with E-state index < -0.39 is 0 Å². The number of fused-ring (bicyclic) bond motifs is 1. The average Bonchev–Trinajstić information content (AvgIpc) is 2.85. The highest BCUT2D eigenvalue weighted by Gasteiger charge is 2.22. The fourth-order valence-corrected chi connectivity index (χ4v) is 3.81. The van der Waals surface area contributed by atoms with E-state index in [2.05, 4.69) is 47.0 Å². The second-order valence-corrected chi connectivity index (χ2v) is 7.50. The second-order valence-electron chi connectivity index (χ2n) is 6.27. The Balaban J connectivity index is 1.68. The summed E-state index contributed by atoms with van der Waals surface area (Å²) >= 11 is 1.75. The van der Waals surface area contributed by atoms with E-state index >= 15 is 0 Å². The van der Waals surface area contributed by atoms with Crippen LogP contribution in [-0.4, -0.2) is 35.6 Å². The summed E-state index contributed by atoms with van der Waals surface area (Å²) in [6.07, 6.45) is 4.20. The van der Waals surface area contributed by atoms with E-state index in [1.165, 1.54) is 23.1 Å². The number of piperidine rings is 1. The maximum atomic E-state index is 4.55. The van der Waals surface area contributed by atoms with Crippen LogP contribution in [0.4, 0.5) is 5.82 Å². The molecule has 0 radical (unpaired) electrons. The highest BCUT2D eigenvalue weighted by molar-refractivity contribution is 7.18. The van der Waals surface area contributed by atoms with Gasteiger partial charge < -0.3 is 10.2 Å². The van der Waals surface area contributed by atoms with Gasteiger partial charge in [-0.25, -0.2) is 9.97 Å². The molecule has 0 spiro atoms. The lowest BCUT2D eigenvalue weighted by atomic mass is 9.96. The van der Waals surface area contributed by atoms with Crippen molar-refractivity contribution in [3.8, 4) is 0 Å². The minimum Gasteiger partial charge on any atom is -0.356 e. The molecular weight excluding hydrogens is 280 g/mol. The third kappa shape index (κ3) is 3.35. The SMILES string of the molecule is Cc1cc2c(N3CCC(CNC(C)C)CC3)ncnc2s1. The van der Waals surface area contributed by atoms with Crippen LogP contribution in [0.5, 0.6) is 0 Å². The van der Waals surface area contributed by atoms with Gasteiger partial charge >= 0.3 is 0 Å². The predicted octanol–water partition coefficient (Wildman–Crippen LogP) is 3.21. The zero-order chi connectivity index (χ0) is 14.8. The fraction of sp³-hybridized carbons (Fsp3) is 0.625. The van der Waals surface area contributed by atoms with Gasteiger partial charge in [-0.1, -0.05) is 13.8 Å². The highest BCUT2D eigenvalue weighted by atomic mass is 32.1. The summed E-state index contributed by atoms with van der Waals surface area (Å²) in [6, 6.07) is 2.81. The summed E-state index contributed by atoms with van der Waals surface area (Å²) < 4.78 is 0. The number of nitrogens with one attached hydrogen (secondary N) is 1. The molecule has 1 aliphatic heterocycles. The van der Waals surface area contributed by atoms with Gasteiger partial charge in [0.25, 0.3) is 0 Å². The van der Waals surface area contributed by atoms with E-state index in [1.807, 2.05) is 0 Å². The quantitative estimate of drug-likeness (QED) is 0.941. The highest BCUT2D eigenvalue weighted by Crippen LogP contribution is 2.31. The Kier molecular flexibility index (Phi) is 4.40. The van der Waals surface area contributed by atoms with E-state index in [9.17, 15) is 0 Å². The zero-order valence-corrected chi connectivity index (χ0v) is 13.9. The molecular formula is C16H24N4S. The molecule has 5 heteroatoms. The average molecular weight is 304 g/mol. The normalized spacial score (nSPS) is 17.0. The third-order valence-electron chi connectivity index (χ3n) is 4.16. The van der Waals surface area contributed by atoms with Crippen molar-refractivity contribution >= 4 is 27.4 Å². The van der Waals surface area contributed by atoms with Gasteiger partial charge in [-0.3, -0.25) is 0 Å². The molecule has 0 aromatic carbocycles. The molecule has 114 valence electrons. The topological polar surface area (TPSA) is 41.0 Å². The molecule has 4 nitrogen and oxygen atoms in total. The standard InChI is InChI=1S/C16H24N4S/c1-11(2)17-9-13-4-6-20(7-5-13)15-14-8-12(3)21-16(14)19-10-18-15/h8,10-11,13,17H,4-7,9H2,1-3H3. The lowest BCUT2D eigenvalue weighted by molar-refractivity contribution is 0.370. The zero-order valence-electron chi connectivity index (χ0n) is 13.1. The van der Waals surface area contributed by atoms with Crippen molar-refractivity contribution in [1.82, 2.24) is 15.3 Å². The summed E-state index contributed by atoms with van der Waals surface area (Å²) in [4.78, 5) is 13.8. The first-order valence-electron chi connectivity index (χ1n) is 7.83. The van der Waals surface area contributed by atoms with Crippen LogP contribution in [0.25, 0.3) is 10.2 Å². The number of hydrogen-bond donors (Lipinski definition) is 1.